The predicted molar refractivity (Wildman–Crippen MR) is 66.5 cm³/mol. The smallest absolute Gasteiger partial charge is 0.337 e. The van der Waals surface area contributed by atoms with Gasteiger partial charge in [0, 0.05) is 11.1 Å². The first kappa shape index (κ1) is 13.9. The van der Waals surface area contributed by atoms with Crippen LogP contribution in [0.25, 0.3) is 0 Å². The van der Waals surface area contributed by atoms with Crippen LogP contribution in [0.1, 0.15) is 34.5 Å². The average Bonchev–Trinajstić information content (AvgIpc) is 2.26. The van der Waals surface area contributed by atoms with Gasteiger partial charge in [-0.1, -0.05) is 39.7 Å². The van der Waals surface area contributed by atoms with Gasteiger partial charge in [0.2, 0.25) is 0 Å². The summed E-state index contributed by atoms with van der Waals surface area (Å²) in [5.41, 5.74) is 1.16. The molecule has 0 aliphatic rings. The number of benzene rings is 1. The van der Waals surface area contributed by atoms with Gasteiger partial charge in [-0.15, -0.1) is 0 Å². The molecule has 0 spiro atoms. The van der Waals surface area contributed by atoms with Crippen LogP contribution in [-0.2, 0) is 4.79 Å². The Balaban J connectivity index is 3.31. The summed E-state index contributed by atoms with van der Waals surface area (Å²) in [6, 6.07) is 4.76. The molecule has 1 aromatic rings. The minimum atomic E-state index is -1.68. The number of aliphatic hydroxyl groups excluding tert-OH is 1. The molecular weight excluding hydrogens is 288 g/mol. The van der Waals surface area contributed by atoms with Crippen LogP contribution < -0.4 is 0 Å². The number of halogens is 1. The fraction of sp³-hybridized carbons (Fsp3) is 0.333. The molecule has 0 heterocycles. The van der Waals surface area contributed by atoms with Gasteiger partial charge in [-0.3, -0.25) is 4.79 Å². The van der Waals surface area contributed by atoms with Crippen molar-refractivity contribution in [3.63, 3.8) is 0 Å². The van der Waals surface area contributed by atoms with E-state index >= 15 is 0 Å². The number of aliphatic hydroxyl groups is 1. The molecule has 0 saturated heterocycles. The molecule has 0 aliphatic heterocycles. The minimum absolute atomic E-state index is 0.133. The highest BCUT2D eigenvalue weighted by molar-refractivity contribution is 9.10. The number of ketones is 1. The minimum Gasteiger partial charge on any atom is -0.479 e. The highest BCUT2D eigenvalue weighted by Crippen LogP contribution is 2.23. The third-order valence-electron chi connectivity index (χ3n) is 2.36. The number of aryl methyl sites for hydroxylation is 1. The lowest BCUT2D eigenvalue weighted by Crippen LogP contribution is -2.18. The normalized spacial score (nSPS) is 14.1. The number of Topliss-reactive ketones (excluding diaryl/α,β-unsaturated/α-hetero) is 1. The molecule has 1 rings (SSSR count). The summed E-state index contributed by atoms with van der Waals surface area (Å²) in [5, 5.41) is 18.4. The van der Waals surface area contributed by atoms with Crippen LogP contribution >= 0.6 is 15.9 Å². The van der Waals surface area contributed by atoms with E-state index in [2.05, 4.69) is 15.9 Å². The molecular formula is C12H13BrO4. The molecule has 2 unspecified atom stereocenters. The van der Waals surface area contributed by atoms with Gasteiger partial charge in [0.25, 0.3) is 0 Å². The van der Waals surface area contributed by atoms with E-state index in [1.807, 2.05) is 0 Å². The van der Waals surface area contributed by atoms with Gasteiger partial charge in [0.05, 0.1) is 4.83 Å². The van der Waals surface area contributed by atoms with Crippen molar-refractivity contribution < 1.29 is 19.8 Å². The summed E-state index contributed by atoms with van der Waals surface area (Å²) in [4.78, 5) is 22.2. The molecule has 5 heteroatoms. The monoisotopic (exact) mass is 300 g/mol. The first-order chi connectivity index (χ1) is 7.84. The summed E-state index contributed by atoms with van der Waals surface area (Å²) < 4.78 is 0. The number of rotatable bonds is 4. The number of alkyl halides is 1. The van der Waals surface area contributed by atoms with Crippen molar-refractivity contribution in [1.82, 2.24) is 0 Å². The summed E-state index contributed by atoms with van der Waals surface area (Å²) in [6.45, 7) is 3.42. The van der Waals surface area contributed by atoms with Gasteiger partial charge >= 0.3 is 5.97 Å². The molecule has 1 aromatic carbocycles. The number of carbonyl (C=O) groups excluding carboxylic acids is 1. The largest absolute Gasteiger partial charge is 0.479 e. The van der Waals surface area contributed by atoms with E-state index in [9.17, 15) is 14.7 Å². The van der Waals surface area contributed by atoms with E-state index in [0.29, 0.717) is 0 Å². The van der Waals surface area contributed by atoms with Crippen molar-refractivity contribution in [1.29, 1.82) is 0 Å². The molecule has 0 saturated carbocycles. The Bertz CT molecular complexity index is 454. The van der Waals surface area contributed by atoms with Crippen molar-refractivity contribution in [3.05, 3.63) is 34.9 Å². The van der Waals surface area contributed by atoms with Gasteiger partial charge in [-0.2, -0.15) is 0 Å². The molecule has 2 N–H and O–H groups in total. The first-order valence-electron chi connectivity index (χ1n) is 5.04. The maximum atomic E-state index is 11.9. The van der Waals surface area contributed by atoms with Gasteiger partial charge in [-0.05, 0) is 13.8 Å². The van der Waals surface area contributed by atoms with E-state index in [4.69, 9.17) is 5.11 Å². The fourth-order valence-corrected chi connectivity index (χ4v) is 1.73. The van der Waals surface area contributed by atoms with E-state index in [-0.39, 0.29) is 16.9 Å². The second kappa shape index (κ2) is 5.42. The Morgan fingerprint density at radius 2 is 1.94 bits per heavy atom. The molecule has 0 aliphatic carbocycles. The lowest BCUT2D eigenvalue weighted by atomic mass is 9.96. The topological polar surface area (TPSA) is 74.6 Å². The van der Waals surface area contributed by atoms with E-state index in [0.717, 1.165) is 5.56 Å². The zero-order valence-corrected chi connectivity index (χ0v) is 11.1. The molecule has 0 radical (unpaired) electrons. The Hall–Kier alpha value is -1.20. The Labute approximate surface area is 107 Å². The third-order valence-corrected chi connectivity index (χ3v) is 2.78. The van der Waals surface area contributed by atoms with Crippen LogP contribution in [0.15, 0.2) is 18.2 Å². The second-order valence-electron chi connectivity index (χ2n) is 3.81. The number of hydrogen-bond acceptors (Lipinski definition) is 3. The molecule has 0 amide bonds. The van der Waals surface area contributed by atoms with E-state index < -0.39 is 16.9 Å². The quantitative estimate of drug-likeness (QED) is 0.659. The van der Waals surface area contributed by atoms with Crippen LogP contribution in [0.4, 0.5) is 0 Å². The van der Waals surface area contributed by atoms with Crippen molar-refractivity contribution in [2.24, 2.45) is 0 Å². The maximum Gasteiger partial charge on any atom is 0.337 e. The molecule has 17 heavy (non-hydrogen) atoms. The van der Waals surface area contributed by atoms with Gasteiger partial charge in [-0.25, -0.2) is 4.79 Å². The molecule has 92 valence electrons. The van der Waals surface area contributed by atoms with Crippen LogP contribution in [0.3, 0.4) is 0 Å². The molecule has 2 atom stereocenters. The van der Waals surface area contributed by atoms with E-state index in [1.165, 1.54) is 12.1 Å². The maximum absolute atomic E-state index is 11.9. The Kier molecular flexibility index (Phi) is 4.42. The summed E-state index contributed by atoms with van der Waals surface area (Å²) in [7, 11) is 0. The Morgan fingerprint density at radius 3 is 2.41 bits per heavy atom. The van der Waals surface area contributed by atoms with Gasteiger partial charge in [0.1, 0.15) is 0 Å². The molecule has 0 aromatic heterocycles. The lowest BCUT2D eigenvalue weighted by Gasteiger charge is -2.13. The summed E-state index contributed by atoms with van der Waals surface area (Å²) in [5.74, 6) is -1.62. The van der Waals surface area contributed by atoms with Crippen LogP contribution in [-0.4, -0.2) is 26.8 Å². The van der Waals surface area contributed by atoms with Crippen LogP contribution in [0.2, 0.25) is 0 Å². The summed E-state index contributed by atoms with van der Waals surface area (Å²) >= 11 is 3.14. The standard InChI is InChI=1S/C12H13BrO4/c1-6-3-4-8(10(14)7(2)13)9(5-6)11(15)12(16)17/h3-5,7,11,15H,1-2H3,(H,16,17). The fourth-order valence-electron chi connectivity index (χ4n) is 1.48. The zero-order valence-electron chi connectivity index (χ0n) is 9.48. The number of aliphatic carboxylic acids is 1. The number of hydrogen-bond donors (Lipinski definition) is 2. The first-order valence-corrected chi connectivity index (χ1v) is 5.96. The van der Waals surface area contributed by atoms with Crippen LogP contribution in [0.5, 0.6) is 0 Å². The van der Waals surface area contributed by atoms with Gasteiger partial charge in [0.15, 0.2) is 11.9 Å². The predicted octanol–water partition coefficient (Wildman–Crippen LogP) is 2.08. The highest BCUT2D eigenvalue weighted by atomic mass is 79.9. The SMILES string of the molecule is Cc1ccc(C(=O)C(C)Br)c(C(O)C(=O)O)c1. The van der Waals surface area contributed by atoms with Crippen molar-refractivity contribution in [3.8, 4) is 0 Å². The second-order valence-corrected chi connectivity index (χ2v) is 5.19. The highest BCUT2D eigenvalue weighted by Gasteiger charge is 2.24. The zero-order chi connectivity index (χ0) is 13.2. The van der Waals surface area contributed by atoms with E-state index in [1.54, 1.807) is 19.9 Å². The van der Waals surface area contributed by atoms with Crippen molar-refractivity contribution in [2.75, 3.05) is 0 Å². The number of carboxylic acids is 1. The third kappa shape index (κ3) is 3.14. The summed E-state index contributed by atoms with van der Waals surface area (Å²) in [6.07, 6.45) is -1.68. The number of carboxylic acid groups (broad SMARTS) is 1. The molecule has 0 fully saturated rings. The Morgan fingerprint density at radius 1 is 1.35 bits per heavy atom. The molecule has 4 nitrogen and oxygen atoms in total. The van der Waals surface area contributed by atoms with Crippen molar-refractivity contribution >= 4 is 27.7 Å². The lowest BCUT2D eigenvalue weighted by molar-refractivity contribution is -0.146. The van der Waals surface area contributed by atoms with Gasteiger partial charge < -0.3 is 10.2 Å². The van der Waals surface area contributed by atoms with Crippen LogP contribution in [0, 0.1) is 6.92 Å². The van der Waals surface area contributed by atoms with Crippen molar-refractivity contribution in [2.45, 2.75) is 24.8 Å². The molecule has 0 bridgehead atoms. The average molecular weight is 301 g/mol. The number of carbonyl (C=O) groups is 2.